The molecule has 1 aliphatic heterocycles. The molecule has 1 fully saturated rings. The number of aromatic nitrogens is 1. The maximum absolute atomic E-state index is 6.05. The highest BCUT2D eigenvalue weighted by molar-refractivity contribution is 7.07. The molecular weight excluding hydrogens is 256 g/mol. The van der Waals surface area contributed by atoms with Crippen LogP contribution >= 0.6 is 11.3 Å². The average molecular weight is 274 g/mol. The van der Waals surface area contributed by atoms with Gasteiger partial charge < -0.3 is 9.64 Å². The normalized spacial score (nSPS) is 23.6. The van der Waals surface area contributed by atoms with Gasteiger partial charge in [0.15, 0.2) is 0 Å². The van der Waals surface area contributed by atoms with Gasteiger partial charge in [-0.25, -0.2) is 4.98 Å². The van der Waals surface area contributed by atoms with Crippen molar-refractivity contribution in [3.63, 3.8) is 0 Å². The van der Waals surface area contributed by atoms with Crippen molar-refractivity contribution in [3.8, 4) is 0 Å². The van der Waals surface area contributed by atoms with E-state index in [4.69, 9.17) is 4.74 Å². The molecule has 0 radical (unpaired) electrons. The number of anilines is 1. The van der Waals surface area contributed by atoms with Crippen LogP contribution in [-0.4, -0.2) is 24.2 Å². The third-order valence-electron chi connectivity index (χ3n) is 3.37. The molecule has 0 saturated carbocycles. The molecule has 100 valence electrons. The van der Waals surface area contributed by atoms with Gasteiger partial charge in [0.1, 0.15) is 11.9 Å². The summed E-state index contributed by atoms with van der Waals surface area (Å²) in [5.74, 6) is 1.05. The highest BCUT2D eigenvalue weighted by Gasteiger charge is 2.27. The van der Waals surface area contributed by atoms with Gasteiger partial charge in [0.2, 0.25) is 0 Å². The third-order valence-corrected chi connectivity index (χ3v) is 4.07. The summed E-state index contributed by atoms with van der Waals surface area (Å²) >= 11 is 1.72. The van der Waals surface area contributed by atoms with Crippen LogP contribution in [0.5, 0.6) is 0 Å². The number of thiophene rings is 1. The second-order valence-corrected chi connectivity index (χ2v) is 5.81. The highest BCUT2D eigenvalue weighted by atomic mass is 32.1. The quantitative estimate of drug-likeness (QED) is 0.839. The van der Waals surface area contributed by atoms with E-state index >= 15 is 0 Å². The molecule has 0 aromatic carbocycles. The zero-order valence-electron chi connectivity index (χ0n) is 11.2. The molecule has 0 amide bonds. The minimum atomic E-state index is 0.150. The lowest BCUT2D eigenvalue weighted by molar-refractivity contribution is -0.0174. The first kappa shape index (κ1) is 12.6. The standard InChI is InChI=1S/C15H18N2OS/c1-11-4-3-5-15(16-11)17-8-12(2)18-14(9-17)13-6-7-19-10-13/h3-7,10,12,14H,8-9H2,1-2H3/t12-,14+/m0/s1. The van der Waals surface area contributed by atoms with Crippen molar-refractivity contribution in [2.45, 2.75) is 26.1 Å². The van der Waals surface area contributed by atoms with E-state index in [9.17, 15) is 0 Å². The Morgan fingerprint density at radius 3 is 2.95 bits per heavy atom. The van der Waals surface area contributed by atoms with E-state index in [1.807, 2.05) is 13.0 Å². The Hall–Kier alpha value is -1.39. The summed E-state index contributed by atoms with van der Waals surface area (Å²) in [6, 6.07) is 8.33. The smallest absolute Gasteiger partial charge is 0.128 e. The van der Waals surface area contributed by atoms with Crippen LogP contribution in [0.3, 0.4) is 0 Å². The number of hydrogen-bond donors (Lipinski definition) is 0. The van der Waals surface area contributed by atoms with Crippen LogP contribution in [0.25, 0.3) is 0 Å². The molecule has 1 aliphatic rings. The Bertz CT molecular complexity index is 541. The van der Waals surface area contributed by atoms with Crippen molar-refractivity contribution in [3.05, 3.63) is 46.3 Å². The van der Waals surface area contributed by atoms with Crippen molar-refractivity contribution < 1.29 is 4.74 Å². The number of morpholine rings is 1. The van der Waals surface area contributed by atoms with E-state index in [0.29, 0.717) is 0 Å². The van der Waals surface area contributed by atoms with Gasteiger partial charge in [-0.05, 0) is 48.4 Å². The summed E-state index contributed by atoms with van der Waals surface area (Å²) in [6.07, 6.45) is 0.373. The van der Waals surface area contributed by atoms with Crippen LogP contribution in [0.2, 0.25) is 0 Å². The van der Waals surface area contributed by atoms with E-state index in [2.05, 4.69) is 45.8 Å². The lowest BCUT2D eigenvalue weighted by atomic mass is 10.1. The predicted octanol–water partition coefficient (Wildman–Crippen LogP) is 3.42. The fourth-order valence-electron chi connectivity index (χ4n) is 2.49. The Morgan fingerprint density at radius 1 is 1.32 bits per heavy atom. The van der Waals surface area contributed by atoms with Gasteiger partial charge in [-0.15, -0.1) is 0 Å². The number of hydrogen-bond acceptors (Lipinski definition) is 4. The van der Waals surface area contributed by atoms with Crippen molar-refractivity contribution >= 4 is 17.2 Å². The second-order valence-electron chi connectivity index (χ2n) is 5.03. The van der Waals surface area contributed by atoms with Gasteiger partial charge in [-0.3, -0.25) is 0 Å². The highest BCUT2D eigenvalue weighted by Crippen LogP contribution is 2.29. The Kier molecular flexibility index (Phi) is 3.53. The molecule has 3 rings (SSSR count). The lowest BCUT2D eigenvalue weighted by Crippen LogP contribution is -2.43. The molecule has 2 atom stereocenters. The SMILES string of the molecule is Cc1cccc(N2C[C@H](C)O[C@@H](c3ccsc3)C2)n1. The van der Waals surface area contributed by atoms with Crippen LogP contribution in [0.4, 0.5) is 5.82 Å². The van der Waals surface area contributed by atoms with Crippen LogP contribution in [-0.2, 0) is 4.74 Å². The monoisotopic (exact) mass is 274 g/mol. The molecule has 0 spiro atoms. The van der Waals surface area contributed by atoms with Gasteiger partial charge in [0.25, 0.3) is 0 Å². The van der Waals surface area contributed by atoms with E-state index in [1.54, 1.807) is 11.3 Å². The molecule has 0 aliphatic carbocycles. The van der Waals surface area contributed by atoms with Crippen molar-refractivity contribution in [2.24, 2.45) is 0 Å². The zero-order chi connectivity index (χ0) is 13.2. The largest absolute Gasteiger partial charge is 0.367 e. The first-order valence-corrected chi connectivity index (χ1v) is 7.53. The van der Waals surface area contributed by atoms with Crippen molar-refractivity contribution in [2.75, 3.05) is 18.0 Å². The van der Waals surface area contributed by atoms with Crippen LogP contribution in [0, 0.1) is 6.92 Å². The molecule has 4 heteroatoms. The first-order chi connectivity index (χ1) is 9.22. The number of rotatable bonds is 2. The molecule has 3 heterocycles. The molecule has 19 heavy (non-hydrogen) atoms. The fraction of sp³-hybridized carbons (Fsp3) is 0.400. The predicted molar refractivity (Wildman–Crippen MR) is 78.8 cm³/mol. The molecule has 0 bridgehead atoms. The van der Waals surface area contributed by atoms with Gasteiger partial charge in [-0.1, -0.05) is 6.07 Å². The lowest BCUT2D eigenvalue weighted by Gasteiger charge is -2.37. The molecule has 3 nitrogen and oxygen atoms in total. The molecule has 1 saturated heterocycles. The Morgan fingerprint density at radius 2 is 2.21 bits per heavy atom. The molecule has 0 unspecified atom stereocenters. The summed E-state index contributed by atoms with van der Waals surface area (Å²) in [7, 11) is 0. The molecule has 2 aromatic heterocycles. The van der Waals surface area contributed by atoms with E-state index < -0.39 is 0 Å². The third kappa shape index (κ3) is 2.80. The zero-order valence-corrected chi connectivity index (χ0v) is 12.1. The summed E-state index contributed by atoms with van der Waals surface area (Å²) < 4.78 is 6.05. The topological polar surface area (TPSA) is 25.4 Å². The summed E-state index contributed by atoms with van der Waals surface area (Å²) in [5.41, 5.74) is 2.33. The first-order valence-electron chi connectivity index (χ1n) is 6.58. The van der Waals surface area contributed by atoms with Gasteiger partial charge >= 0.3 is 0 Å². The van der Waals surface area contributed by atoms with Crippen LogP contribution in [0.1, 0.15) is 24.3 Å². The van der Waals surface area contributed by atoms with E-state index in [0.717, 1.165) is 24.6 Å². The number of ether oxygens (including phenoxy) is 1. The van der Waals surface area contributed by atoms with E-state index in [1.165, 1.54) is 5.56 Å². The minimum Gasteiger partial charge on any atom is -0.367 e. The summed E-state index contributed by atoms with van der Waals surface area (Å²) in [6.45, 7) is 5.93. The van der Waals surface area contributed by atoms with Crippen molar-refractivity contribution in [1.29, 1.82) is 0 Å². The Balaban J connectivity index is 1.83. The van der Waals surface area contributed by atoms with Crippen LogP contribution in [0.15, 0.2) is 35.0 Å². The Labute approximate surface area is 117 Å². The van der Waals surface area contributed by atoms with Gasteiger partial charge in [-0.2, -0.15) is 11.3 Å². The number of pyridine rings is 1. The van der Waals surface area contributed by atoms with Gasteiger partial charge in [0.05, 0.1) is 6.10 Å². The summed E-state index contributed by atoms with van der Waals surface area (Å²) in [5, 5.41) is 4.28. The average Bonchev–Trinajstić information content (AvgIpc) is 2.92. The minimum absolute atomic E-state index is 0.150. The van der Waals surface area contributed by atoms with Crippen molar-refractivity contribution in [1.82, 2.24) is 4.98 Å². The maximum Gasteiger partial charge on any atom is 0.128 e. The molecule has 2 aromatic rings. The summed E-state index contributed by atoms with van der Waals surface area (Å²) in [4.78, 5) is 6.94. The van der Waals surface area contributed by atoms with E-state index in [-0.39, 0.29) is 12.2 Å². The van der Waals surface area contributed by atoms with Gasteiger partial charge in [0, 0.05) is 18.8 Å². The molecule has 0 N–H and O–H groups in total. The fourth-order valence-corrected chi connectivity index (χ4v) is 3.19. The molecular formula is C15H18N2OS. The maximum atomic E-state index is 6.05. The number of aryl methyl sites for hydroxylation is 1. The van der Waals surface area contributed by atoms with Crippen LogP contribution < -0.4 is 4.90 Å². The number of nitrogens with zero attached hydrogens (tertiary/aromatic N) is 2. The second kappa shape index (κ2) is 5.31.